The number of pyridine rings is 1. The number of hydrogen-bond acceptors (Lipinski definition) is 8. The molecule has 2 fully saturated rings. The van der Waals surface area contributed by atoms with Gasteiger partial charge in [0.25, 0.3) is 5.91 Å². The lowest BCUT2D eigenvalue weighted by Crippen LogP contribution is -2.49. The first-order valence-corrected chi connectivity index (χ1v) is 14.7. The Morgan fingerprint density at radius 2 is 1.95 bits per heavy atom. The van der Waals surface area contributed by atoms with Gasteiger partial charge >= 0.3 is 6.18 Å². The van der Waals surface area contributed by atoms with Crippen LogP contribution in [0.15, 0.2) is 70.2 Å². The number of ether oxygens (including phenoxy) is 2. The van der Waals surface area contributed by atoms with Gasteiger partial charge in [-0.25, -0.2) is 0 Å². The molecule has 2 unspecified atom stereocenters. The summed E-state index contributed by atoms with van der Waals surface area (Å²) in [7, 11) is 0. The second-order valence-electron chi connectivity index (χ2n) is 10.7. The molecule has 1 aliphatic carbocycles. The molecular weight excluding hydrogens is 573 g/mol. The minimum atomic E-state index is -4.68. The molecule has 1 saturated carbocycles. The zero-order chi connectivity index (χ0) is 31.9. The third-order valence-corrected chi connectivity index (χ3v) is 7.73. The molecule has 1 aliphatic heterocycles. The quantitative estimate of drug-likeness (QED) is 0.168. The number of amides is 1. The van der Waals surface area contributed by atoms with Crippen molar-refractivity contribution in [2.24, 2.45) is 15.7 Å². The predicted molar refractivity (Wildman–Crippen MR) is 165 cm³/mol. The number of benzene rings is 1. The van der Waals surface area contributed by atoms with Crippen molar-refractivity contribution in [3.8, 4) is 0 Å². The smallest absolute Gasteiger partial charge is 0.433 e. The number of nitrogens with two attached hydrogens (primary N) is 2. The predicted octanol–water partition coefficient (Wildman–Crippen LogP) is 6.15. The second kappa shape index (κ2) is 14.5. The summed E-state index contributed by atoms with van der Waals surface area (Å²) in [6.07, 6.45) is 2.32. The fraction of sp³-hybridized carbons (Fsp3) is 0.438. The van der Waals surface area contributed by atoms with E-state index in [2.05, 4.69) is 28.8 Å². The molecule has 1 aromatic carbocycles. The molecule has 9 nitrogen and oxygen atoms in total. The molecule has 2 heterocycles. The lowest BCUT2D eigenvalue weighted by atomic mass is 9.87. The minimum absolute atomic E-state index is 0.104. The van der Waals surface area contributed by atoms with Crippen LogP contribution in [0.2, 0.25) is 0 Å². The molecule has 4 rings (SSSR count). The standard InChI is InChI=1S/C32H39F3N6O3/c1-4-26-29(30(37)27(5-2)44-17-16-43-15-13-38-3)25(40-22-10-8-21(9-11-22)20-6-7-20)12-14-41(26)31(42)23-19-39-28(18-24(23)36)32(33,34)35/h8-11,13,15,18-20,26-27H,3-7,12,14,16-17,37H2,1-2H3,(H2,36,39)/b15-13-,30-29+,40-25?. The van der Waals surface area contributed by atoms with Crippen LogP contribution in [0, 0.1) is 0 Å². The lowest BCUT2D eigenvalue weighted by Gasteiger charge is -2.39. The molecule has 0 radical (unpaired) electrons. The highest BCUT2D eigenvalue weighted by Crippen LogP contribution is 2.40. The number of anilines is 1. The van der Waals surface area contributed by atoms with Gasteiger partial charge in [0.2, 0.25) is 0 Å². The van der Waals surface area contributed by atoms with Crippen LogP contribution >= 0.6 is 0 Å². The first-order valence-electron chi connectivity index (χ1n) is 14.7. The SMILES string of the molecule is C=N/C=C\OCCOC(CC)/C(N)=C1/C(=Nc2ccc(C3CC3)cc2)CCN(C(=O)c2cnc(C(F)(F)F)cc2N)C1CC. The van der Waals surface area contributed by atoms with Crippen LogP contribution in [0.3, 0.4) is 0 Å². The first kappa shape index (κ1) is 32.7. The van der Waals surface area contributed by atoms with E-state index in [0.717, 1.165) is 17.6 Å². The number of aromatic nitrogens is 1. The number of nitrogen functional groups attached to an aromatic ring is 1. The van der Waals surface area contributed by atoms with E-state index in [0.29, 0.717) is 42.5 Å². The van der Waals surface area contributed by atoms with E-state index in [4.69, 9.17) is 25.9 Å². The Labute approximate surface area is 255 Å². The van der Waals surface area contributed by atoms with Gasteiger partial charge in [-0.3, -0.25) is 19.8 Å². The Balaban J connectivity index is 1.69. The molecule has 2 aromatic rings. The summed E-state index contributed by atoms with van der Waals surface area (Å²) < 4.78 is 51.0. The fourth-order valence-corrected chi connectivity index (χ4v) is 5.35. The Hall–Kier alpha value is -4.19. The molecule has 4 N–H and O–H groups in total. The monoisotopic (exact) mass is 612 g/mol. The lowest BCUT2D eigenvalue weighted by molar-refractivity contribution is -0.141. The van der Waals surface area contributed by atoms with E-state index < -0.39 is 29.9 Å². The Bertz CT molecular complexity index is 1420. The van der Waals surface area contributed by atoms with Crippen LogP contribution in [0.1, 0.15) is 73.5 Å². The number of rotatable bonds is 12. The van der Waals surface area contributed by atoms with Crippen molar-refractivity contribution < 1.29 is 27.4 Å². The molecule has 12 heteroatoms. The summed E-state index contributed by atoms with van der Waals surface area (Å²) >= 11 is 0. The summed E-state index contributed by atoms with van der Waals surface area (Å²) in [5.41, 5.74) is 15.1. The molecule has 0 bridgehead atoms. The van der Waals surface area contributed by atoms with Gasteiger partial charge in [-0.2, -0.15) is 13.2 Å². The van der Waals surface area contributed by atoms with Crippen LogP contribution in [-0.4, -0.2) is 60.1 Å². The average molecular weight is 613 g/mol. The molecule has 44 heavy (non-hydrogen) atoms. The highest BCUT2D eigenvalue weighted by atomic mass is 19.4. The second-order valence-corrected chi connectivity index (χ2v) is 10.7. The van der Waals surface area contributed by atoms with Crippen molar-refractivity contribution in [1.82, 2.24) is 9.88 Å². The molecule has 0 spiro atoms. The van der Waals surface area contributed by atoms with Crippen molar-refractivity contribution in [2.75, 3.05) is 25.5 Å². The number of nitrogens with zero attached hydrogens (tertiary/aromatic N) is 4. The van der Waals surface area contributed by atoms with Crippen LogP contribution in [0.25, 0.3) is 0 Å². The van der Waals surface area contributed by atoms with E-state index >= 15 is 0 Å². The van der Waals surface area contributed by atoms with Crippen molar-refractivity contribution in [2.45, 2.75) is 70.2 Å². The average Bonchev–Trinajstić information content (AvgIpc) is 3.85. The Morgan fingerprint density at radius 1 is 1.23 bits per heavy atom. The largest absolute Gasteiger partial charge is 0.497 e. The molecule has 236 valence electrons. The number of likely N-dealkylation sites (tertiary alicyclic amines) is 1. The van der Waals surface area contributed by atoms with Crippen LogP contribution in [0.5, 0.6) is 0 Å². The highest BCUT2D eigenvalue weighted by molar-refractivity contribution is 6.07. The number of halogens is 3. The number of piperidine rings is 1. The zero-order valence-corrected chi connectivity index (χ0v) is 25.0. The maximum Gasteiger partial charge on any atom is 0.433 e. The summed E-state index contributed by atoms with van der Waals surface area (Å²) in [6.45, 7) is 7.98. The summed E-state index contributed by atoms with van der Waals surface area (Å²) in [5.74, 6) is 0.0855. The molecule has 2 atom stereocenters. The van der Waals surface area contributed by atoms with Gasteiger partial charge in [0.1, 0.15) is 18.6 Å². The Kier molecular flexibility index (Phi) is 10.8. The van der Waals surface area contributed by atoms with E-state index in [1.54, 1.807) is 4.90 Å². The molecule has 1 saturated heterocycles. The van der Waals surface area contributed by atoms with E-state index in [-0.39, 0.29) is 31.0 Å². The van der Waals surface area contributed by atoms with Gasteiger partial charge in [0, 0.05) is 41.8 Å². The van der Waals surface area contributed by atoms with E-state index in [1.165, 1.54) is 30.9 Å². The topological polar surface area (TPSA) is 128 Å². The van der Waals surface area contributed by atoms with Crippen molar-refractivity contribution in [3.05, 3.63) is 77.1 Å². The van der Waals surface area contributed by atoms with E-state index in [1.807, 2.05) is 26.0 Å². The van der Waals surface area contributed by atoms with Gasteiger partial charge in [0.15, 0.2) is 0 Å². The van der Waals surface area contributed by atoms with Gasteiger partial charge < -0.3 is 25.8 Å². The Morgan fingerprint density at radius 3 is 2.55 bits per heavy atom. The van der Waals surface area contributed by atoms with Gasteiger partial charge in [-0.15, -0.1) is 0 Å². The maximum absolute atomic E-state index is 13.8. The third kappa shape index (κ3) is 7.85. The third-order valence-electron chi connectivity index (χ3n) is 7.73. The van der Waals surface area contributed by atoms with Crippen molar-refractivity contribution in [1.29, 1.82) is 0 Å². The molecular formula is C32H39F3N6O3. The number of carbonyl (C=O) groups is 1. The summed E-state index contributed by atoms with van der Waals surface area (Å²) in [5, 5.41) is 0. The van der Waals surface area contributed by atoms with Gasteiger partial charge in [0.05, 0.1) is 36.2 Å². The van der Waals surface area contributed by atoms with Gasteiger partial charge in [-0.05, 0) is 62.1 Å². The van der Waals surface area contributed by atoms with Crippen LogP contribution in [0.4, 0.5) is 24.5 Å². The normalized spacial score (nSPS) is 20.2. The molecule has 2 aliphatic rings. The summed E-state index contributed by atoms with van der Waals surface area (Å²) in [6, 6.07) is 8.31. The molecule has 1 amide bonds. The van der Waals surface area contributed by atoms with Crippen molar-refractivity contribution in [3.63, 3.8) is 0 Å². The van der Waals surface area contributed by atoms with Crippen LogP contribution in [-0.2, 0) is 15.7 Å². The zero-order valence-electron chi connectivity index (χ0n) is 25.0. The number of aliphatic imine (C=N–C) groups is 2. The van der Waals surface area contributed by atoms with E-state index in [9.17, 15) is 18.0 Å². The highest BCUT2D eigenvalue weighted by Gasteiger charge is 2.38. The molecule has 1 aromatic heterocycles. The summed E-state index contributed by atoms with van der Waals surface area (Å²) in [4.78, 5) is 27.4. The maximum atomic E-state index is 13.8. The first-order chi connectivity index (χ1) is 21.1. The number of carbonyl (C=O) groups excluding carboxylic acids is 1. The minimum Gasteiger partial charge on any atom is -0.497 e. The number of hydrogen-bond donors (Lipinski definition) is 2. The van der Waals surface area contributed by atoms with Gasteiger partial charge in [-0.1, -0.05) is 26.0 Å². The van der Waals surface area contributed by atoms with Crippen LogP contribution < -0.4 is 11.5 Å². The van der Waals surface area contributed by atoms with Crippen molar-refractivity contribution >= 4 is 29.7 Å². The number of alkyl halides is 3. The fourth-order valence-electron chi connectivity index (χ4n) is 5.35.